The molecular weight excluding hydrogens is 400 g/mol. The molecule has 1 heterocycles. The van der Waals surface area contributed by atoms with Crippen molar-refractivity contribution in [3.63, 3.8) is 0 Å². The van der Waals surface area contributed by atoms with E-state index >= 15 is 0 Å². The Kier molecular flexibility index (Phi) is 6.31. The molecule has 6 heteroatoms. The van der Waals surface area contributed by atoms with Crippen LogP contribution >= 0.6 is 0 Å². The summed E-state index contributed by atoms with van der Waals surface area (Å²) in [5, 5.41) is 5.98. The number of benzene rings is 3. The first kappa shape index (κ1) is 21.3. The SMILES string of the molecule is Cc1ccc(C(=O)NC(C)c2nc3ccccc3n2CC(=O)NCc2ccccc2)cc1. The van der Waals surface area contributed by atoms with E-state index in [0.717, 1.165) is 22.2 Å². The zero-order chi connectivity index (χ0) is 22.5. The third kappa shape index (κ3) is 4.86. The van der Waals surface area contributed by atoms with Crippen molar-refractivity contribution in [1.82, 2.24) is 20.2 Å². The molecule has 0 aliphatic carbocycles. The maximum absolute atomic E-state index is 12.7. The van der Waals surface area contributed by atoms with E-state index in [4.69, 9.17) is 4.98 Å². The molecule has 1 unspecified atom stereocenters. The molecular formula is C26H26N4O2. The Morgan fingerprint density at radius 3 is 2.38 bits per heavy atom. The number of rotatable bonds is 7. The summed E-state index contributed by atoms with van der Waals surface area (Å²) in [4.78, 5) is 30.2. The number of imidazole rings is 1. The number of nitrogens with one attached hydrogen (secondary N) is 2. The molecule has 0 aliphatic heterocycles. The molecule has 0 aliphatic rings. The summed E-state index contributed by atoms with van der Waals surface area (Å²) >= 11 is 0. The lowest BCUT2D eigenvalue weighted by Crippen LogP contribution is -2.31. The summed E-state index contributed by atoms with van der Waals surface area (Å²) < 4.78 is 1.87. The Morgan fingerprint density at radius 2 is 1.62 bits per heavy atom. The first-order valence-electron chi connectivity index (χ1n) is 10.6. The number of carbonyl (C=O) groups is 2. The standard InChI is InChI=1S/C26H26N4O2/c1-18-12-14-21(15-13-18)26(32)28-19(2)25-29-22-10-6-7-11-23(22)30(25)17-24(31)27-16-20-8-4-3-5-9-20/h3-15,19H,16-17H2,1-2H3,(H,27,31)(H,28,32). The van der Waals surface area contributed by atoms with Crippen molar-refractivity contribution in [2.75, 3.05) is 0 Å². The number of carbonyl (C=O) groups excluding carboxylic acids is 2. The van der Waals surface area contributed by atoms with Crippen LogP contribution in [0.1, 0.15) is 40.3 Å². The number of para-hydroxylation sites is 2. The number of hydrogen-bond donors (Lipinski definition) is 2. The predicted molar refractivity (Wildman–Crippen MR) is 125 cm³/mol. The highest BCUT2D eigenvalue weighted by Gasteiger charge is 2.20. The minimum Gasteiger partial charge on any atom is -0.350 e. The quantitative estimate of drug-likeness (QED) is 0.466. The zero-order valence-corrected chi connectivity index (χ0v) is 18.2. The monoisotopic (exact) mass is 426 g/mol. The lowest BCUT2D eigenvalue weighted by atomic mass is 10.1. The molecule has 0 bridgehead atoms. The topological polar surface area (TPSA) is 76.0 Å². The van der Waals surface area contributed by atoms with Gasteiger partial charge in [0.15, 0.2) is 0 Å². The molecule has 32 heavy (non-hydrogen) atoms. The molecule has 2 N–H and O–H groups in total. The molecule has 0 radical (unpaired) electrons. The van der Waals surface area contributed by atoms with Gasteiger partial charge < -0.3 is 15.2 Å². The van der Waals surface area contributed by atoms with Crippen LogP contribution in [0.25, 0.3) is 11.0 Å². The largest absolute Gasteiger partial charge is 0.350 e. The molecule has 1 atom stereocenters. The van der Waals surface area contributed by atoms with E-state index in [1.165, 1.54) is 0 Å². The van der Waals surface area contributed by atoms with Gasteiger partial charge in [0.25, 0.3) is 5.91 Å². The first-order chi connectivity index (χ1) is 15.5. The van der Waals surface area contributed by atoms with Crippen LogP contribution in [-0.4, -0.2) is 21.4 Å². The van der Waals surface area contributed by atoms with Crippen LogP contribution in [0.2, 0.25) is 0 Å². The van der Waals surface area contributed by atoms with Crippen molar-refractivity contribution in [3.05, 3.63) is 101 Å². The molecule has 6 nitrogen and oxygen atoms in total. The number of hydrogen-bond acceptors (Lipinski definition) is 3. The van der Waals surface area contributed by atoms with E-state index in [-0.39, 0.29) is 24.4 Å². The molecule has 4 rings (SSSR count). The summed E-state index contributed by atoms with van der Waals surface area (Å²) in [5.74, 6) is 0.349. The van der Waals surface area contributed by atoms with Gasteiger partial charge in [0.2, 0.25) is 5.91 Å². The summed E-state index contributed by atoms with van der Waals surface area (Å²) in [7, 11) is 0. The van der Waals surface area contributed by atoms with E-state index in [2.05, 4.69) is 10.6 Å². The number of fused-ring (bicyclic) bond motifs is 1. The van der Waals surface area contributed by atoms with Crippen LogP contribution in [0.15, 0.2) is 78.9 Å². The Hall–Kier alpha value is -3.93. The lowest BCUT2D eigenvalue weighted by Gasteiger charge is -2.16. The van der Waals surface area contributed by atoms with E-state index in [1.54, 1.807) is 12.1 Å². The smallest absolute Gasteiger partial charge is 0.251 e. The normalized spacial score (nSPS) is 11.8. The fourth-order valence-corrected chi connectivity index (χ4v) is 3.64. The molecule has 162 valence electrons. The van der Waals surface area contributed by atoms with Gasteiger partial charge in [-0.2, -0.15) is 0 Å². The average molecular weight is 427 g/mol. The summed E-state index contributed by atoms with van der Waals surface area (Å²) in [6, 6.07) is 24.5. The fraction of sp³-hybridized carbons (Fsp3) is 0.192. The predicted octanol–water partition coefficient (Wildman–Crippen LogP) is 4.15. The molecule has 0 saturated heterocycles. The minimum atomic E-state index is -0.377. The molecule has 3 aromatic carbocycles. The molecule has 0 fully saturated rings. The summed E-state index contributed by atoms with van der Waals surface area (Å²) in [5.41, 5.74) is 4.36. The van der Waals surface area contributed by atoms with Gasteiger partial charge in [-0.3, -0.25) is 9.59 Å². The number of nitrogens with zero attached hydrogens (tertiary/aromatic N) is 2. The number of aromatic nitrogens is 2. The highest BCUT2D eigenvalue weighted by Crippen LogP contribution is 2.21. The number of amides is 2. The highest BCUT2D eigenvalue weighted by atomic mass is 16.2. The second kappa shape index (κ2) is 9.47. The van der Waals surface area contributed by atoms with Gasteiger partial charge in [0.05, 0.1) is 17.1 Å². The molecule has 1 aromatic heterocycles. The molecule has 4 aromatic rings. The maximum atomic E-state index is 12.7. The minimum absolute atomic E-state index is 0.115. The van der Waals surface area contributed by atoms with Gasteiger partial charge in [-0.15, -0.1) is 0 Å². The van der Waals surface area contributed by atoms with Crippen molar-refractivity contribution >= 4 is 22.8 Å². The molecule has 0 spiro atoms. The lowest BCUT2D eigenvalue weighted by molar-refractivity contribution is -0.121. The van der Waals surface area contributed by atoms with E-state index in [0.29, 0.717) is 17.9 Å². The molecule has 0 saturated carbocycles. The van der Waals surface area contributed by atoms with Crippen molar-refractivity contribution < 1.29 is 9.59 Å². The zero-order valence-electron chi connectivity index (χ0n) is 18.2. The summed E-state index contributed by atoms with van der Waals surface area (Å²) in [6.45, 7) is 4.44. The van der Waals surface area contributed by atoms with E-state index < -0.39 is 0 Å². The van der Waals surface area contributed by atoms with Crippen molar-refractivity contribution in [2.24, 2.45) is 0 Å². The third-order valence-corrected chi connectivity index (χ3v) is 5.37. The third-order valence-electron chi connectivity index (χ3n) is 5.37. The Balaban J connectivity index is 1.53. The molecule has 2 amide bonds. The van der Waals surface area contributed by atoms with Gasteiger partial charge >= 0.3 is 0 Å². The van der Waals surface area contributed by atoms with Crippen molar-refractivity contribution in [3.8, 4) is 0 Å². The van der Waals surface area contributed by atoms with Gasteiger partial charge in [-0.1, -0.05) is 60.2 Å². The van der Waals surface area contributed by atoms with Crippen LogP contribution in [0.5, 0.6) is 0 Å². The average Bonchev–Trinajstić information content (AvgIpc) is 3.17. The summed E-state index contributed by atoms with van der Waals surface area (Å²) in [6.07, 6.45) is 0. The first-order valence-corrected chi connectivity index (χ1v) is 10.6. The van der Waals surface area contributed by atoms with Crippen LogP contribution < -0.4 is 10.6 Å². The Morgan fingerprint density at radius 1 is 0.938 bits per heavy atom. The van der Waals surface area contributed by atoms with Crippen molar-refractivity contribution in [1.29, 1.82) is 0 Å². The van der Waals surface area contributed by atoms with Gasteiger partial charge in [-0.25, -0.2) is 4.98 Å². The van der Waals surface area contributed by atoms with Gasteiger partial charge in [-0.05, 0) is 43.7 Å². The number of aryl methyl sites for hydroxylation is 1. The van der Waals surface area contributed by atoms with Crippen LogP contribution in [0, 0.1) is 6.92 Å². The maximum Gasteiger partial charge on any atom is 0.251 e. The Labute approximate surface area is 187 Å². The van der Waals surface area contributed by atoms with E-state index in [9.17, 15) is 9.59 Å². The van der Waals surface area contributed by atoms with Gasteiger partial charge in [0, 0.05) is 12.1 Å². The highest BCUT2D eigenvalue weighted by molar-refractivity contribution is 5.94. The Bertz CT molecular complexity index is 1230. The van der Waals surface area contributed by atoms with Crippen molar-refractivity contribution in [2.45, 2.75) is 33.0 Å². The second-order valence-electron chi connectivity index (χ2n) is 7.87. The van der Waals surface area contributed by atoms with Crippen LogP contribution in [0.3, 0.4) is 0 Å². The van der Waals surface area contributed by atoms with Crippen LogP contribution in [0.4, 0.5) is 0 Å². The van der Waals surface area contributed by atoms with Crippen LogP contribution in [-0.2, 0) is 17.9 Å². The fourth-order valence-electron chi connectivity index (χ4n) is 3.64. The van der Waals surface area contributed by atoms with E-state index in [1.807, 2.05) is 85.1 Å². The second-order valence-corrected chi connectivity index (χ2v) is 7.87. The van der Waals surface area contributed by atoms with Gasteiger partial charge in [0.1, 0.15) is 12.4 Å².